The molecule has 2 rings (SSSR count). The molecule has 1 aromatic carbocycles. The van der Waals surface area contributed by atoms with Crippen LogP contribution in [0.15, 0.2) is 35.3 Å². The minimum atomic E-state index is 0.319. The predicted octanol–water partition coefficient (Wildman–Crippen LogP) is 3.14. The van der Waals surface area contributed by atoms with E-state index in [1.807, 2.05) is 11.0 Å². The third-order valence-corrected chi connectivity index (χ3v) is 4.80. The van der Waals surface area contributed by atoms with Crippen LogP contribution in [0.25, 0.3) is 0 Å². The van der Waals surface area contributed by atoms with E-state index in [4.69, 9.17) is 4.99 Å². The number of guanidine groups is 1. The molecule has 5 nitrogen and oxygen atoms in total. The van der Waals surface area contributed by atoms with Crippen LogP contribution < -0.4 is 10.6 Å². The second kappa shape index (κ2) is 11.6. The minimum absolute atomic E-state index is 0.319. The van der Waals surface area contributed by atoms with Gasteiger partial charge in [0.1, 0.15) is 0 Å². The summed E-state index contributed by atoms with van der Waals surface area (Å²) in [4.78, 5) is 18.8. The lowest BCUT2D eigenvalue weighted by Crippen LogP contribution is -2.39. The van der Waals surface area contributed by atoms with Crippen molar-refractivity contribution in [2.45, 2.75) is 51.9 Å². The van der Waals surface area contributed by atoms with Crippen LogP contribution in [0.3, 0.4) is 0 Å². The van der Waals surface area contributed by atoms with Gasteiger partial charge < -0.3 is 15.5 Å². The maximum atomic E-state index is 12.0. The summed E-state index contributed by atoms with van der Waals surface area (Å²) in [5.74, 6) is 1.57. The highest BCUT2D eigenvalue weighted by Crippen LogP contribution is 2.14. The molecule has 0 spiro atoms. The Morgan fingerprint density at radius 3 is 2.77 bits per heavy atom. The molecule has 0 radical (unpaired) electrons. The van der Waals surface area contributed by atoms with E-state index in [1.54, 1.807) is 0 Å². The van der Waals surface area contributed by atoms with Crippen molar-refractivity contribution < 1.29 is 4.79 Å². The van der Waals surface area contributed by atoms with Gasteiger partial charge in [-0.1, -0.05) is 43.7 Å². The van der Waals surface area contributed by atoms with Crippen molar-refractivity contribution in [1.29, 1.82) is 0 Å². The molecule has 2 N–H and O–H groups in total. The quantitative estimate of drug-likeness (QED) is 0.426. The molecule has 1 aromatic rings. The Labute approximate surface area is 158 Å². The van der Waals surface area contributed by atoms with Gasteiger partial charge in [0.2, 0.25) is 5.91 Å². The van der Waals surface area contributed by atoms with E-state index in [0.29, 0.717) is 11.8 Å². The largest absolute Gasteiger partial charge is 0.357 e. The van der Waals surface area contributed by atoms with Gasteiger partial charge >= 0.3 is 0 Å². The van der Waals surface area contributed by atoms with Gasteiger partial charge in [-0.15, -0.1) is 0 Å². The fourth-order valence-electron chi connectivity index (χ4n) is 3.21. The van der Waals surface area contributed by atoms with E-state index >= 15 is 0 Å². The van der Waals surface area contributed by atoms with Gasteiger partial charge in [0, 0.05) is 45.1 Å². The lowest BCUT2D eigenvalue weighted by molar-refractivity contribution is -0.130. The monoisotopic (exact) mass is 358 g/mol. The number of carbonyl (C=O) groups is 1. The summed E-state index contributed by atoms with van der Waals surface area (Å²) >= 11 is 0. The topological polar surface area (TPSA) is 56.7 Å². The second-order valence-electron chi connectivity index (χ2n) is 7.00. The zero-order valence-corrected chi connectivity index (χ0v) is 16.3. The number of likely N-dealkylation sites (tertiary alicyclic amines) is 1. The summed E-state index contributed by atoms with van der Waals surface area (Å²) in [5, 5.41) is 6.70. The van der Waals surface area contributed by atoms with E-state index < -0.39 is 0 Å². The molecular formula is C21H34N4O. The molecule has 26 heavy (non-hydrogen) atoms. The fraction of sp³-hybridized carbons (Fsp3) is 0.619. The van der Waals surface area contributed by atoms with Crippen molar-refractivity contribution in [2.24, 2.45) is 4.99 Å². The summed E-state index contributed by atoms with van der Waals surface area (Å²) in [6.45, 7) is 8.46. The van der Waals surface area contributed by atoms with Gasteiger partial charge in [0.25, 0.3) is 0 Å². The third-order valence-electron chi connectivity index (χ3n) is 4.80. The molecule has 1 aliphatic heterocycles. The van der Waals surface area contributed by atoms with Crippen LogP contribution in [-0.2, 0) is 4.79 Å². The van der Waals surface area contributed by atoms with E-state index in [9.17, 15) is 4.79 Å². The number of rotatable bonds is 8. The number of benzene rings is 1. The van der Waals surface area contributed by atoms with Gasteiger partial charge in [0.15, 0.2) is 5.96 Å². The van der Waals surface area contributed by atoms with Gasteiger partial charge in [-0.2, -0.15) is 0 Å². The Morgan fingerprint density at radius 2 is 2.00 bits per heavy atom. The first-order chi connectivity index (χ1) is 12.7. The molecule has 0 bridgehead atoms. The number of nitrogens with one attached hydrogen (secondary N) is 2. The first kappa shape index (κ1) is 20.3. The Kier molecular flexibility index (Phi) is 9.01. The lowest BCUT2D eigenvalue weighted by atomic mass is 10.0. The van der Waals surface area contributed by atoms with E-state index in [1.165, 1.54) is 12.0 Å². The standard InChI is InChI=1S/C21H34N4O/c1-3-22-21(24-17-18(2)19-11-6-4-7-12-19)23-14-10-16-25-15-9-5-8-13-20(25)26/h4,6-7,11-12,18H,3,5,8-10,13-17H2,1-2H3,(H2,22,23,24). The average molecular weight is 359 g/mol. The zero-order chi connectivity index (χ0) is 18.6. The number of hydrogen-bond donors (Lipinski definition) is 2. The fourth-order valence-corrected chi connectivity index (χ4v) is 3.21. The van der Waals surface area contributed by atoms with Crippen molar-refractivity contribution in [3.05, 3.63) is 35.9 Å². The van der Waals surface area contributed by atoms with E-state index in [-0.39, 0.29) is 0 Å². The van der Waals surface area contributed by atoms with Gasteiger partial charge in [-0.05, 0) is 31.7 Å². The van der Waals surface area contributed by atoms with Crippen LogP contribution in [0.2, 0.25) is 0 Å². The van der Waals surface area contributed by atoms with Crippen LogP contribution in [0.5, 0.6) is 0 Å². The van der Waals surface area contributed by atoms with E-state index in [0.717, 1.165) is 64.4 Å². The van der Waals surface area contributed by atoms with Crippen molar-refractivity contribution in [3.8, 4) is 0 Å². The van der Waals surface area contributed by atoms with Gasteiger partial charge in [0.05, 0.1) is 0 Å². The SMILES string of the molecule is CCNC(=NCC(C)c1ccccc1)NCCCN1CCCCCC1=O. The number of nitrogens with zero attached hydrogens (tertiary/aromatic N) is 2. The summed E-state index contributed by atoms with van der Waals surface area (Å²) in [5.41, 5.74) is 1.31. The highest BCUT2D eigenvalue weighted by molar-refractivity contribution is 5.79. The molecule has 144 valence electrons. The molecule has 1 fully saturated rings. The molecule has 0 saturated carbocycles. The highest BCUT2D eigenvalue weighted by atomic mass is 16.2. The molecule has 0 aromatic heterocycles. The molecule has 1 aliphatic rings. The molecule has 1 atom stereocenters. The molecule has 1 amide bonds. The van der Waals surface area contributed by atoms with Crippen molar-refractivity contribution in [2.75, 3.05) is 32.7 Å². The third kappa shape index (κ3) is 7.06. The van der Waals surface area contributed by atoms with Crippen LogP contribution >= 0.6 is 0 Å². The predicted molar refractivity (Wildman–Crippen MR) is 109 cm³/mol. The first-order valence-corrected chi connectivity index (χ1v) is 10.1. The van der Waals surface area contributed by atoms with E-state index in [2.05, 4.69) is 48.7 Å². The Bertz CT molecular complexity index is 558. The van der Waals surface area contributed by atoms with Gasteiger partial charge in [-0.3, -0.25) is 9.79 Å². The van der Waals surface area contributed by atoms with Gasteiger partial charge in [-0.25, -0.2) is 0 Å². The Morgan fingerprint density at radius 1 is 1.19 bits per heavy atom. The molecule has 1 saturated heterocycles. The summed E-state index contributed by atoms with van der Waals surface area (Å²) in [6, 6.07) is 10.5. The number of hydrogen-bond acceptors (Lipinski definition) is 2. The zero-order valence-electron chi connectivity index (χ0n) is 16.3. The molecule has 1 heterocycles. The number of amides is 1. The summed E-state index contributed by atoms with van der Waals surface area (Å²) in [6.07, 6.45) is 5.03. The van der Waals surface area contributed by atoms with Crippen LogP contribution in [0, 0.1) is 0 Å². The first-order valence-electron chi connectivity index (χ1n) is 10.1. The number of aliphatic imine (C=N–C) groups is 1. The molecular weight excluding hydrogens is 324 g/mol. The maximum Gasteiger partial charge on any atom is 0.222 e. The second-order valence-corrected chi connectivity index (χ2v) is 7.00. The molecule has 1 unspecified atom stereocenters. The van der Waals surface area contributed by atoms with Crippen LogP contribution in [0.4, 0.5) is 0 Å². The minimum Gasteiger partial charge on any atom is -0.357 e. The maximum absolute atomic E-state index is 12.0. The summed E-state index contributed by atoms with van der Waals surface area (Å²) < 4.78 is 0. The number of carbonyl (C=O) groups excluding carboxylic acids is 1. The smallest absolute Gasteiger partial charge is 0.222 e. The average Bonchev–Trinajstić information content (AvgIpc) is 2.87. The Balaban J connectivity index is 1.75. The molecule has 5 heteroatoms. The highest BCUT2D eigenvalue weighted by Gasteiger charge is 2.15. The van der Waals surface area contributed by atoms with Crippen molar-refractivity contribution >= 4 is 11.9 Å². The van der Waals surface area contributed by atoms with Crippen LogP contribution in [-0.4, -0.2) is 49.5 Å². The lowest BCUT2D eigenvalue weighted by Gasteiger charge is -2.21. The van der Waals surface area contributed by atoms with Crippen molar-refractivity contribution in [3.63, 3.8) is 0 Å². The molecule has 0 aliphatic carbocycles. The Hall–Kier alpha value is -2.04. The van der Waals surface area contributed by atoms with Crippen molar-refractivity contribution in [1.82, 2.24) is 15.5 Å². The van der Waals surface area contributed by atoms with Crippen LogP contribution in [0.1, 0.15) is 57.4 Å². The summed E-state index contributed by atoms with van der Waals surface area (Å²) in [7, 11) is 0. The normalized spacial score (nSPS) is 16.9.